The summed E-state index contributed by atoms with van der Waals surface area (Å²) >= 11 is 0. The van der Waals surface area contributed by atoms with Crippen LogP contribution in [0.5, 0.6) is 17.2 Å². The Bertz CT molecular complexity index is 404. The van der Waals surface area contributed by atoms with Gasteiger partial charge in [0.15, 0.2) is 17.2 Å². The second kappa shape index (κ2) is 4.93. The van der Waals surface area contributed by atoms with Gasteiger partial charge in [0, 0.05) is 0 Å². The molecule has 1 aromatic carbocycles. The van der Waals surface area contributed by atoms with E-state index in [1.165, 1.54) is 24.3 Å². The van der Waals surface area contributed by atoms with Crippen LogP contribution in [0.2, 0.25) is 0 Å². The Hall–Kier alpha value is -1.94. The Morgan fingerprint density at radius 3 is 1.76 bits per heavy atom. The number of phenols is 3. The minimum atomic E-state index is -1.30. The molecule has 1 aromatic rings. The fourth-order valence-corrected chi connectivity index (χ4v) is 1.67. The summed E-state index contributed by atoms with van der Waals surface area (Å²) in [5.74, 6) is -1.56. The first-order chi connectivity index (χ1) is 7.94. The highest BCUT2D eigenvalue weighted by Crippen LogP contribution is 2.40. The SMILES string of the molecule is C=CCC(O)(CC=C)c1cc(O)c(O)c(O)c1. The van der Waals surface area contributed by atoms with Gasteiger partial charge in [-0.05, 0) is 30.5 Å². The summed E-state index contributed by atoms with van der Waals surface area (Å²) in [6.07, 6.45) is 3.54. The molecule has 0 radical (unpaired) electrons. The van der Waals surface area contributed by atoms with Gasteiger partial charge in [0.1, 0.15) is 0 Å². The molecule has 0 spiro atoms. The molecule has 4 heteroatoms. The predicted molar refractivity (Wildman–Crippen MR) is 65.0 cm³/mol. The Morgan fingerprint density at radius 2 is 1.41 bits per heavy atom. The summed E-state index contributed by atoms with van der Waals surface area (Å²) in [4.78, 5) is 0. The van der Waals surface area contributed by atoms with Crippen molar-refractivity contribution in [3.63, 3.8) is 0 Å². The quantitative estimate of drug-likeness (QED) is 0.466. The molecule has 0 saturated carbocycles. The van der Waals surface area contributed by atoms with Crippen molar-refractivity contribution < 1.29 is 20.4 Å². The second-order valence-corrected chi connectivity index (χ2v) is 3.88. The van der Waals surface area contributed by atoms with E-state index in [1.54, 1.807) is 0 Å². The zero-order valence-corrected chi connectivity index (χ0v) is 9.43. The van der Waals surface area contributed by atoms with Crippen LogP contribution in [-0.4, -0.2) is 20.4 Å². The average Bonchev–Trinajstić information content (AvgIpc) is 2.26. The molecular weight excluding hydrogens is 220 g/mol. The van der Waals surface area contributed by atoms with Crippen molar-refractivity contribution in [1.82, 2.24) is 0 Å². The Labute approximate surface area is 99.8 Å². The summed E-state index contributed by atoms with van der Waals surface area (Å²) in [7, 11) is 0. The number of rotatable bonds is 5. The molecule has 0 saturated heterocycles. The molecule has 92 valence electrons. The zero-order chi connectivity index (χ0) is 13.1. The first-order valence-electron chi connectivity index (χ1n) is 5.14. The van der Waals surface area contributed by atoms with Gasteiger partial charge in [0.25, 0.3) is 0 Å². The van der Waals surface area contributed by atoms with E-state index < -0.39 is 22.8 Å². The van der Waals surface area contributed by atoms with E-state index >= 15 is 0 Å². The Kier molecular flexibility index (Phi) is 3.81. The van der Waals surface area contributed by atoms with Crippen LogP contribution in [-0.2, 0) is 5.60 Å². The lowest BCUT2D eigenvalue weighted by atomic mass is 9.87. The van der Waals surface area contributed by atoms with Crippen LogP contribution in [0.4, 0.5) is 0 Å². The van der Waals surface area contributed by atoms with E-state index in [9.17, 15) is 20.4 Å². The summed E-state index contributed by atoms with van der Waals surface area (Å²) in [6, 6.07) is 2.42. The van der Waals surface area contributed by atoms with E-state index in [1.807, 2.05) is 0 Å². The molecule has 17 heavy (non-hydrogen) atoms. The predicted octanol–water partition coefficient (Wildman–Crippen LogP) is 2.14. The van der Waals surface area contributed by atoms with Gasteiger partial charge in [0.05, 0.1) is 5.60 Å². The molecule has 0 aliphatic heterocycles. The molecule has 0 bridgehead atoms. The Morgan fingerprint density at radius 1 is 1.00 bits per heavy atom. The highest BCUT2D eigenvalue weighted by Gasteiger charge is 2.28. The third-order valence-corrected chi connectivity index (χ3v) is 2.57. The van der Waals surface area contributed by atoms with E-state index in [4.69, 9.17) is 0 Å². The largest absolute Gasteiger partial charge is 0.504 e. The van der Waals surface area contributed by atoms with Crippen molar-refractivity contribution in [2.45, 2.75) is 18.4 Å². The van der Waals surface area contributed by atoms with Gasteiger partial charge in [-0.15, -0.1) is 13.2 Å². The second-order valence-electron chi connectivity index (χ2n) is 3.88. The lowest BCUT2D eigenvalue weighted by Crippen LogP contribution is -2.24. The standard InChI is InChI=1S/C13H16O4/c1-3-5-13(17,6-4-2)9-7-10(14)12(16)11(15)8-9/h3-4,7-8,14-17H,1-2,5-6H2. The number of phenolic OH excluding ortho intramolecular Hbond substituents is 3. The van der Waals surface area contributed by atoms with Crippen LogP contribution in [0, 0.1) is 0 Å². The highest BCUT2D eigenvalue weighted by atomic mass is 16.3. The maximum absolute atomic E-state index is 10.4. The molecule has 0 unspecified atom stereocenters. The monoisotopic (exact) mass is 236 g/mol. The number of benzene rings is 1. The van der Waals surface area contributed by atoms with Gasteiger partial charge in [-0.2, -0.15) is 0 Å². The maximum Gasteiger partial charge on any atom is 0.200 e. The molecule has 0 aliphatic carbocycles. The van der Waals surface area contributed by atoms with Crippen LogP contribution in [0.1, 0.15) is 18.4 Å². The third kappa shape index (κ3) is 2.60. The van der Waals surface area contributed by atoms with Crippen molar-refractivity contribution in [1.29, 1.82) is 0 Å². The molecule has 0 amide bonds. The van der Waals surface area contributed by atoms with Crippen LogP contribution >= 0.6 is 0 Å². The Balaban J connectivity index is 3.28. The fourth-order valence-electron chi connectivity index (χ4n) is 1.67. The van der Waals surface area contributed by atoms with E-state index in [0.29, 0.717) is 5.56 Å². The van der Waals surface area contributed by atoms with Crippen molar-refractivity contribution in [2.75, 3.05) is 0 Å². The molecule has 0 aromatic heterocycles. The molecule has 4 nitrogen and oxygen atoms in total. The highest BCUT2D eigenvalue weighted by molar-refractivity contribution is 5.52. The van der Waals surface area contributed by atoms with Crippen molar-refractivity contribution in [3.8, 4) is 17.2 Å². The summed E-state index contributed by atoms with van der Waals surface area (Å²) < 4.78 is 0. The van der Waals surface area contributed by atoms with Crippen LogP contribution < -0.4 is 0 Å². The van der Waals surface area contributed by atoms with Crippen LogP contribution in [0.25, 0.3) is 0 Å². The smallest absolute Gasteiger partial charge is 0.200 e. The number of hydrogen-bond donors (Lipinski definition) is 4. The summed E-state index contributed by atoms with van der Waals surface area (Å²) in [5, 5.41) is 38.4. The maximum atomic E-state index is 10.4. The number of aliphatic hydroxyl groups is 1. The van der Waals surface area contributed by atoms with Gasteiger partial charge in [-0.1, -0.05) is 12.2 Å². The third-order valence-electron chi connectivity index (χ3n) is 2.57. The van der Waals surface area contributed by atoms with Crippen molar-refractivity contribution in [2.24, 2.45) is 0 Å². The van der Waals surface area contributed by atoms with Crippen molar-refractivity contribution >= 4 is 0 Å². The molecule has 4 N–H and O–H groups in total. The normalized spacial score (nSPS) is 11.1. The first kappa shape index (κ1) is 13.1. The van der Waals surface area contributed by atoms with Crippen LogP contribution in [0.3, 0.4) is 0 Å². The molecule has 0 heterocycles. The minimum absolute atomic E-state index is 0.239. The molecule has 0 aliphatic rings. The first-order valence-corrected chi connectivity index (χ1v) is 5.14. The van der Waals surface area contributed by atoms with Gasteiger partial charge in [-0.25, -0.2) is 0 Å². The zero-order valence-electron chi connectivity index (χ0n) is 9.43. The molecular formula is C13H16O4. The molecule has 0 fully saturated rings. The lowest BCUT2D eigenvalue weighted by molar-refractivity contribution is 0.0424. The topological polar surface area (TPSA) is 80.9 Å². The summed E-state index contributed by atoms with van der Waals surface area (Å²) in [5.41, 5.74) is -1.00. The number of aromatic hydroxyl groups is 3. The van der Waals surface area contributed by atoms with E-state index in [2.05, 4.69) is 13.2 Å². The average molecular weight is 236 g/mol. The van der Waals surface area contributed by atoms with E-state index in [0.717, 1.165) is 0 Å². The number of hydrogen-bond acceptors (Lipinski definition) is 4. The van der Waals surface area contributed by atoms with Gasteiger partial charge in [-0.3, -0.25) is 0 Å². The molecule has 1 rings (SSSR count). The fraction of sp³-hybridized carbons (Fsp3) is 0.231. The lowest BCUT2D eigenvalue weighted by Gasteiger charge is -2.26. The summed E-state index contributed by atoms with van der Waals surface area (Å²) in [6.45, 7) is 7.09. The van der Waals surface area contributed by atoms with Crippen molar-refractivity contribution in [3.05, 3.63) is 43.0 Å². The van der Waals surface area contributed by atoms with Gasteiger partial charge < -0.3 is 20.4 Å². The van der Waals surface area contributed by atoms with Crippen LogP contribution in [0.15, 0.2) is 37.4 Å². The van der Waals surface area contributed by atoms with E-state index in [-0.39, 0.29) is 12.8 Å². The molecule has 0 atom stereocenters. The van der Waals surface area contributed by atoms with Gasteiger partial charge >= 0.3 is 0 Å². The van der Waals surface area contributed by atoms with Gasteiger partial charge in [0.2, 0.25) is 0 Å². The minimum Gasteiger partial charge on any atom is -0.504 e.